The van der Waals surface area contributed by atoms with Gasteiger partial charge in [-0.3, -0.25) is 0 Å². The molecule has 0 saturated heterocycles. The van der Waals surface area contributed by atoms with Gasteiger partial charge in [-0.05, 0) is 65.7 Å². The van der Waals surface area contributed by atoms with Crippen LogP contribution in [0.5, 0.6) is 11.5 Å². The van der Waals surface area contributed by atoms with Crippen molar-refractivity contribution in [2.24, 2.45) is 0 Å². The molecule has 2 aromatic heterocycles. The van der Waals surface area contributed by atoms with E-state index in [0.29, 0.717) is 33.4 Å². The van der Waals surface area contributed by atoms with E-state index in [-0.39, 0.29) is 0 Å². The van der Waals surface area contributed by atoms with Crippen LogP contribution in [-0.4, -0.2) is 14.2 Å². The number of furan rings is 1. The van der Waals surface area contributed by atoms with Gasteiger partial charge >= 0.3 is 5.63 Å². The first-order valence-corrected chi connectivity index (χ1v) is 10.6. The van der Waals surface area contributed by atoms with Gasteiger partial charge in [0.15, 0.2) is 0 Å². The lowest BCUT2D eigenvalue weighted by atomic mass is 10.1. The molecule has 2 heterocycles. The van der Waals surface area contributed by atoms with Gasteiger partial charge in [0, 0.05) is 28.1 Å². The Balaban J connectivity index is 1.62. The van der Waals surface area contributed by atoms with Gasteiger partial charge in [0.2, 0.25) is 0 Å². The van der Waals surface area contributed by atoms with Gasteiger partial charge in [0.1, 0.15) is 28.4 Å². The van der Waals surface area contributed by atoms with Crippen LogP contribution < -0.4 is 15.1 Å². The number of hydrogen-bond donors (Lipinski definition) is 0. The Morgan fingerprint density at radius 2 is 1.52 bits per heavy atom. The predicted molar refractivity (Wildman–Crippen MR) is 131 cm³/mol. The third-order valence-electron chi connectivity index (χ3n) is 5.40. The Morgan fingerprint density at radius 1 is 0.788 bits per heavy atom. The molecule has 5 nitrogen and oxygen atoms in total. The summed E-state index contributed by atoms with van der Waals surface area (Å²) in [6.45, 7) is 0. The van der Waals surface area contributed by atoms with E-state index in [9.17, 15) is 4.79 Å². The zero-order valence-corrected chi connectivity index (χ0v) is 18.7. The molecule has 0 N–H and O–H groups in total. The summed E-state index contributed by atoms with van der Waals surface area (Å²) in [6.07, 6.45) is 3.78. The van der Waals surface area contributed by atoms with Gasteiger partial charge in [-0.15, -0.1) is 0 Å². The standard InChI is InChI=1S/C27H19ClO5/c1-30-20-11-16(12-21(14-20)31-2)3-4-18-13-26(29)33-27-22(18)9-10-24-23(27)15-25(32-24)17-5-7-19(28)8-6-17/h3-15H,1-2H3/b4-3+. The Hall–Kier alpha value is -3.96. The molecule has 0 saturated carbocycles. The van der Waals surface area contributed by atoms with E-state index in [1.54, 1.807) is 32.4 Å². The van der Waals surface area contributed by atoms with E-state index in [1.165, 1.54) is 6.07 Å². The van der Waals surface area contributed by atoms with Crippen molar-refractivity contribution in [1.82, 2.24) is 0 Å². The molecular weight excluding hydrogens is 440 g/mol. The largest absolute Gasteiger partial charge is 0.497 e. The normalized spacial score (nSPS) is 11.5. The van der Waals surface area contributed by atoms with E-state index >= 15 is 0 Å². The van der Waals surface area contributed by atoms with Crippen molar-refractivity contribution in [1.29, 1.82) is 0 Å². The minimum atomic E-state index is -0.438. The third-order valence-corrected chi connectivity index (χ3v) is 5.65. The lowest BCUT2D eigenvalue weighted by Crippen LogP contribution is -1.98. The summed E-state index contributed by atoms with van der Waals surface area (Å²) in [5.41, 5.74) is 3.17. The number of benzene rings is 3. The van der Waals surface area contributed by atoms with E-state index in [4.69, 9.17) is 29.9 Å². The summed E-state index contributed by atoms with van der Waals surface area (Å²) in [5.74, 6) is 2.03. The fraction of sp³-hybridized carbons (Fsp3) is 0.0741. The van der Waals surface area contributed by atoms with Crippen LogP contribution in [0.1, 0.15) is 11.1 Å². The second-order valence-electron chi connectivity index (χ2n) is 7.47. The molecule has 6 heteroatoms. The first kappa shape index (κ1) is 20.9. The quantitative estimate of drug-likeness (QED) is 0.264. The Bertz CT molecular complexity index is 1540. The molecule has 5 rings (SSSR count). The summed E-state index contributed by atoms with van der Waals surface area (Å²) in [7, 11) is 3.21. The zero-order valence-electron chi connectivity index (χ0n) is 17.9. The van der Waals surface area contributed by atoms with Crippen molar-refractivity contribution in [3.63, 3.8) is 0 Å². The first-order chi connectivity index (χ1) is 16.0. The summed E-state index contributed by atoms with van der Waals surface area (Å²) in [6, 6.07) is 20.1. The SMILES string of the molecule is COc1cc(/C=C/c2cc(=O)oc3c2ccc2oc(-c4ccc(Cl)cc4)cc23)cc(OC)c1. The van der Waals surface area contributed by atoms with Crippen molar-refractivity contribution in [2.75, 3.05) is 14.2 Å². The highest BCUT2D eigenvalue weighted by Crippen LogP contribution is 2.34. The monoisotopic (exact) mass is 458 g/mol. The summed E-state index contributed by atoms with van der Waals surface area (Å²) in [5, 5.41) is 2.18. The lowest BCUT2D eigenvalue weighted by molar-refractivity contribution is 0.394. The van der Waals surface area contributed by atoms with Gasteiger partial charge < -0.3 is 18.3 Å². The van der Waals surface area contributed by atoms with E-state index in [2.05, 4.69) is 0 Å². The van der Waals surface area contributed by atoms with Crippen LogP contribution in [0.3, 0.4) is 0 Å². The van der Waals surface area contributed by atoms with Gasteiger partial charge in [0.05, 0.1) is 19.6 Å². The minimum absolute atomic E-state index is 0.438. The van der Waals surface area contributed by atoms with Gasteiger partial charge in [0.25, 0.3) is 0 Å². The van der Waals surface area contributed by atoms with Crippen LogP contribution in [0.15, 0.2) is 80.4 Å². The number of halogens is 1. The molecular formula is C27H19ClO5. The van der Waals surface area contributed by atoms with Gasteiger partial charge in [-0.1, -0.05) is 23.8 Å². The maximum atomic E-state index is 12.4. The van der Waals surface area contributed by atoms with Crippen molar-refractivity contribution < 1.29 is 18.3 Å². The van der Waals surface area contributed by atoms with Crippen LogP contribution in [0.4, 0.5) is 0 Å². The van der Waals surface area contributed by atoms with Crippen LogP contribution in [0, 0.1) is 0 Å². The fourth-order valence-corrected chi connectivity index (χ4v) is 3.89. The molecule has 0 radical (unpaired) electrons. The number of fused-ring (bicyclic) bond motifs is 3. The molecule has 0 amide bonds. The number of ether oxygens (including phenoxy) is 2. The highest BCUT2D eigenvalue weighted by atomic mass is 35.5. The van der Waals surface area contributed by atoms with Gasteiger partial charge in [-0.2, -0.15) is 0 Å². The highest BCUT2D eigenvalue weighted by molar-refractivity contribution is 6.30. The molecule has 0 aliphatic heterocycles. The summed E-state index contributed by atoms with van der Waals surface area (Å²) < 4.78 is 22.3. The third kappa shape index (κ3) is 4.11. The average Bonchev–Trinajstić information content (AvgIpc) is 3.27. The van der Waals surface area contributed by atoms with Crippen molar-refractivity contribution in [3.05, 3.63) is 93.3 Å². The van der Waals surface area contributed by atoms with E-state index < -0.39 is 5.63 Å². The Kier molecular flexibility index (Phi) is 5.40. The molecule has 0 aliphatic carbocycles. The molecule has 0 unspecified atom stereocenters. The molecule has 5 aromatic rings. The van der Waals surface area contributed by atoms with E-state index in [1.807, 2.05) is 54.6 Å². The highest BCUT2D eigenvalue weighted by Gasteiger charge is 2.13. The summed E-state index contributed by atoms with van der Waals surface area (Å²) >= 11 is 6.00. The maximum absolute atomic E-state index is 12.4. The average molecular weight is 459 g/mol. The Morgan fingerprint density at radius 3 is 2.21 bits per heavy atom. The van der Waals surface area contributed by atoms with Gasteiger partial charge in [-0.25, -0.2) is 4.79 Å². The van der Waals surface area contributed by atoms with Crippen LogP contribution in [-0.2, 0) is 0 Å². The topological polar surface area (TPSA) is 61.8 Å². The van der Waals surface area contributed by atoms with E-state index in [0.717, 1.165) is 27.5 Å². The number of hydrogen-bond acceptors (Lipinski definition) is 5. The smallest absolute Gasteiger partial charge is 0.336 e. The number of methoxy groups -OCH3 is 2. The maximum Gasteiger partial charge on any atom is 0.336 e. The van der Waals surface area contributed by atoms with Crippen molar-refractivity contribution in [2.45, 2.75) is 0 Å². The molecule has 0 atom stereocenters. The molecule has 164 valence electrons. The fourth-order valence-electron chi connectivity index (χ4n) is 3.76. The van der Waals surface area contributed by atoms with Crippen LogP contribution >= 0.6 is 11.6 Å². The second kappa shape index (κ2) is 8.52. The predicted octanol–water partition coefficient (Wildman–Crippen LogP) is 7.05. The first-order valence-electron chi connectivity index (χ1n) is 10.2. The van der Waals surface area contributed by atoms with Crippen molar-refractivity contribution >= 4 is 45.7 Å². The molecule has 33 heavy (non-hydrogen) atoms. The van der Waals surface area contributed by atoms with Crippen LogP contribution in [0.25, 0.3) is 45.4 Å². The minimum Gasteiger partial charge on any atom is -0.497 e. The molecule has 0 aliphatic rings. The zero-order chi connectivity index (χ0) is 22.9. The molecule has 0 fully saturated rings. The second-order valence-corrected chi connectivity index (χ2v) is 7.91. The molecule has 3 aromatic carbocycles. The molecule has 0 bridgehead atoms. The van der Waals surface area contributed by atoms with Crippen molar-refractivity contribution in [3.8, 4) is 22.8 Å². The summed E-state index contributed by atoms with van der Waals surface area (Å²) in [4.78, 5) is 12.4. The number of rotatable bonds is 5. The Labute approximate surface area is 194 Å². The van der Waals surface area contributed by atoms with Crippen LogP contribution in [0.2, 0.25) is 5.02 Å². The lowest BCUT2D eigenvalue weighted by Gasteiger charge is -2.06. The molecule has 0 spiro atoms.